The number of halogens is 3. The number of nitrogens with one attached hydrogen (secondary N) is 1. The van der Waals surface area contributed by atoms with Gasteiger partial charge >= 0.3 is 5.97 Å². The van der Waals surface area contributed by atoms with Gasteiger partial charge in [0.15, 0.2) is 0 Å². The Hall–Kier alpha value is 0.0100. The zero-order chi connectivity index (χ0) is 17.7. The molecule has 128 valence electrons. The normalized spacial score (nSPS) is 11.3. The number of hydrogen-bond acceptors (Lipinski definition) is 4. The zero-order valence-electron chi connectivity index (χ0n) is 12.1. The maximum absolute atomic E-state index is 12.2. The number of carbonyl (C=O) groups excluding carboxylic acids is 1. The Morgan fingerprint density at radius 2 is 1.75 bits per heavy atom. The molecule has 9 heteroatoms. The predicted octanol–water partition coefficient (Wildman–Crippen LogP) is 3.64. The summed E-state index contributed by atoms with van der Waals surface area (Å²) in [4.78, 5) is 12.3. The van der Waals surface area contributed by atoms with Crippen molar-refractivity contribution in [1.82, 2.24) is 4.72 Å². The van der Waals surface area contributed by atoms with Gasteiger partial charge < -0.3 is 4.74 Å². The van der Waals surface area contributed by atoms with Crippen molar-refractivity contribution in [3.05, 3.63) is 58.7 Å². The summed E-state index contributed by atoms with van der Waals surface area (Å²) in [6.07, 6.45) is 0. The molecule has 0 radical (unpaired) electrons. The fraction of sp³-hybridized carbons (Fsp3) is 0.133. The maximum Gasteiger partial charge on any atom is 0.339 e. The van der Waals surface area contributed by atoms with E-state index in [2.05, 4.69) is 72.5 Å². The highest BCUT2D eigenvalue weighted by Crippen LogP contribution is 2.23. The lowest BCUT2D eigenvalue weighted by atomic mass is 10.2. The summed E-state index contributed by atoms with van der Waals surface area (Å²) in [6, 6.07) is 11.8. The number of benzene rings is 2. The molecule has 0 amide bonds. The first kappa shape index (κ1) is 20.3. The number of esters is 1. The SMILES string of the molecule is O=C(OCCNS(=O)(=O)c1ccccc1)c1cc(I)cc(I)c1I. The Morgan fingerprint density at radius 1 is 1.08 bits per heavy atom. The highest BCUT2D eigenvalue weighted by atomic mass is 127. The van der Waals surface area contributed by atoms with Gasteiger partial charge in [-0.25, -0.2) is 17.9 Å². The summed E-state index contributed by atoms with van der Waals surface area (Å²) >= 11 is 6.39. The van der Waals surface area contributed by atoms with Crippen LogP contribution >= 0.6 is 67.8 Å². The first-order valence-electron chi connectivity index (χ1n) is 6.67. The Balaban J connectivity index is 1.92. The van der Waals surface area contributed by atoms with E-state index in [9.17, 15) is 13.2 Å². The van der Waals surface area contributed by atoms with E-state index < -0.39 is 16.0 Å². The molecule has 0 spiro atoms. The van der Waals surface area contributed by atoms with E-state index >= 15 is 0 Å². The standard InChI is InChI=1S/C15H12I3NO4S/c16-10-8-12(14(18)13(17)9-10)15(20)23-7-6-19-24(21,22)11-4-2-1-3-5-11/h1-5,8-9,19H,6-7H2. The van der Waals surface area contributed by atoms with Crippen molar-refractivity contribution in [2.45, 2.75) is 4.90 Å². The van der Waals surface area contributed by atoms with Crippen LogP contribution in [0.25, 0.3) is 0 Å². The minimum atomic E-state index is -3.59. The Morgan fingerprint density at radius 3 is 2.42 bits per heavy atom. The van der Waals surface area contributed by atoms with E-state index in [1.807, 2.05) is 6.07 Å². The molecular formula is C15H12I3NO4S. The van der Waals surface area contributed by atoms with Crippen LogP contribution in [0.2, 0.25) is 0 Å². The molecule has 1 N–H and O–H groups in total. The van der Waals surface area contributed by atoms with E-state index in [4.69, 9.17) is 4.74 Å². The number of ether oxygens (including phenoxy) is 1. The smallest absolute Gasteiger partial charge is 0.339 e. The Kier molecular flexibility index (Phi) is 7.70. The lowest BCUT2D eigenvalue weighted by Gasteiger charge is -2.09. The second-order valence-electron chi connectivity index (χ2n) is 4.60. The number of rotatable bonds is 6. The van der Waals surface area contributed by atoms with Crippen molar-refractivity contribution in [3.63, 3.8) is 0 Å². The molecule has 0 bridgehead atoms. The molecule has 0 atom stereocenters. The highest BCUT2D eigenvalue weighted by molar-refractivity contribution is 14.1. The van der Waals surface area contributed by atoms with Crippen molar-refractivity contribution in [2.75, 3.05) is 13.2 Å². The van der Waals surface area contributed by atoms with Gasteiger partial charge in [0.1, 0.15) is 6.61 Å². The summed E-state index contributed by atoms with van der Waals surface area (Å²) in [5.74, 6) is -0.463. The van der Waals surface area contributed by atoms with Gasteiger partial charge in [0, 0.05) is 17.3 Å². The van der Waals surface area contributed by atoms with E-state index in [0.29, 0.717) is 5.56 Å². The first-order valence-corrected chi connectivity index (χ1v) is 11.4. The molecule has 0 saturated carbocycles. The van der Waals surface area contributed by atoms with Crippen LogP contribution in [-0.4, -0.2) is 27.5 Å². The van der Waals surface area contributed by atoms with Crippen LogP contribution in [0.1, 0.15) is 10.4 Å². The van der Waals surface area contributed by atoms with Crippen LogP contribution in [-0.2, 0) is 14.8 Å². The second-order valence-corrected chi connectivity index (χ2v) is 9.85. The minimum Gasteiger partial charge on any atom is -0.461 e. The Labute approximate surface area is 181 Å². The van der Waals surface area contributed by atoms with Gasteiger partial charge in [-0.15, -0.1) is 0 Å². The van der Waals surface area contributed by atoms with Crippen LogP contribution in [0.5, 0.6) is 0 Å². The van der Waals surface area contributed by atoms with Crippen molar-refractivity contribution >= 4 is 83.8 Å². The van der Waals surface area contributed by atoms with E-state index in [0.717, 1.165) is 10.7 Å². The largest absolute Gasteiger partial charge is 0.461 e. The van der Waals surface area contributed by atoms with Crippen LogP contribution in [0.4, 0.5) is 0 Å². The van der Waals surface area contributed by atoms with Crippen LogP contribution in [0.3, 0.4) is 0 Å². The predicted molar refractivity (Wildman–Crippen MR) is 117 cm³/mol. The third-order valence-electron chi connectivity index (χ3n) is 2.89. The molecular weight excluding hydrogens is 671 g/mol. The lowest BCUT2D eigenvalue weighted by molar-refractivity contribution is 0.0511. The van der Waals surface area contributed by atoms with E-state index in [1.165, 1.54) is 12.1 Å². The maximum atomic E-state index is 12.2. The van der Waals surface area contributed by atoms with Crippen molar-refractivity contribution in [2.24, 2.45) is 0 Å². The third-order valence-corrected chi connectivity index (χ3v) is 8.04. The van der Waals surface area contributed by atoms with Gasteiger partial charge in [0.2, 0.25) is 10.0 Å². The fourth-order valence-corrected chi connectivity index (χ4v) is 5.20. The third kappa shape index (κ3) is 5.51. The molecule has 5 nitrogen and oxygen atoms in total. The molecule has 0 fully saturated rings. The number of carbonyl (C=O) groups is 1. The topological polar surface area (TPSA) is 72.5 Å². The zero-order valence-corrected chi connectivity index (χ0v) is 19.4. The van der Waals surface area contributed by atoms with Gasteiger partial charge in [-0.1, -0.05) is 18.2 Å². The molecule has 2 aromatic rings. The summed E-state index contributed by atoms with van der Waals surface area (Å²) in [7, 11) is -3.59. The summed E-state index contributed by atoms with van der Waals surface area (Å²) in [5.41, 5.74) is 0.484. The second kappa shape index (κ2) is 9.09. The van der Waals surface area contributed by atoms with Crippen LogP contribution in [0, 0.1) is 10.7 Å². The molecule has 2 rings (SSSR count). The summed E-state index contributed by atoms with van der Waals surface area (Å²) in [6.45, 7) is -0.0242. The monoisotopic (exact) mass is 683 g/mol. The quantitative estimate of drug-likeness (QED) is 0.219. The van der Waals surface area contributed by atoms with Gasteiger partial charge in [-0.05, 0) is 92.0 Å². The molecule has 0 aliphatic rings. The molecule has 24 heavy (non-hydrogen) atoms. The van der Waals surface area contributed by atoms with Gasteiger partial charge in [0.25, 0.3) is 0 Å². The Bertz CT molecular complexity index is 841. The highest BCUT2D eigenvalue weighted by Gasteiger charge is 2.16. The average molecular weight is 683 g/mol. The number of sulfonamides is 1. The number of hydrogen-bond donors (Lipinski definition) is 1. The molecule has 0 heterocycles. The molecule has 0 unspecified atom stereocenters. The van der Waals surface area contributed by atoms with Crippen molar-refractivity contribution in [3.8, 4) is 0 Å². The van der Waals surface area contributed by atoms with Gasteiger partial charge in [0.05, 0.1) is 10.5 Å². The van der Waals surface area contributed by atoms with Crippen LogP contribution in [0.15, 0.2) is 47.4 Å². The molecule has 2 aromatic carbocycles. The first-order chi connectivity index (χ1) is 11.3. The van der Waals surface area contributed by atoms with Crippen molar-refractivity contribution < 1.29 is 17.9 Å². The van der Waals surface area contributed by atoms with E-state index in [1.54, 1.807) is 24.3 Å². The van der Waals surface area contributed by atoms with Crippen LogP contribution < -0.4 is 4.72 Å². The van der Waals surface area contributed by atoms with Gasteiger partial charge in [-0.3, -0.25) is 0 Å². The molecule has 0 aliphatic carbocycles. The summed E-state index contributed by atoms with van der Waals surface area (Å²) < 4.78 is 34.4. The average Bonchev–Trinajstić information content (AvgIpc) is 2.55. The molecule has 0 aliphatic heterocycles. The van der Waals surface area contributed by atoms with E-state index in [-0.39, 0.29) is 18.0 Å². The minimum absolute atomic E-state index is 0.0144. The molecule has 0 aromatic heterocycles. The fourth-order valence-electron chi connectivity index (χ4n) is 1.79. The molecule has 0 saturated heterocycles. The lowest BCUT2D eigenvalue weighted by Crippen LogP contribution is -2.28. The van der Waals surface area contributed by atoms with Crippen molar-refractivity contribution in [1.29, 1.82) is 0 Å². The van der Waals surface area contributed by atoms with Gasteiger partial charge in [-0.2, -0.15) is 0 Å². The summed E-state index contributed by atoms with van der Waals surface area (Å²) in [5, 5.41) is 0.